The van der Waals surface area contributed by atoms with Crippen LogP contribution < -0.4 is 4.72 Å². The van der Waals surface area contributed by atoms with Gasteiger partial charge in [-0.05, 0) is 18.6 Å². The quantitative estimate of drug-likeness (QED) is 0.888. The van der Waals surface area contributed by atoms with Crippen molar-refractivity contribution in [3.8, 4) is 12.1 Å². The van der Waals surface area contributed by atoms with Crippen LogP contribution in [0, 0.1) is 28.5 Å². The van der Waals surface area contributed by atoms with Gasteiger partial charge in [0.15, 0.2) is 0 Å². The molecule has 1 aromatic carbocycles. The van der Waals surface area contributed by atoms with Crippen molar-refractivity contribution in [2.24, 2.45) is 0 Å². The maximum atomic E-state index is 13.4. The number of nitriles is 2. The summed E-state index contributed by atoms with van der Waals surface area (Å²) in [5.74, 6) is -0.908. The van der Waals surface area contributed by atoms with Gasteiger partial charge in [-0.3, -0.25) is 0 Å². The Hall–Kier alpha value is -1.96. The second kappa shape index (κ2) is 6.28. The summed E-state index contributed by atoms with van der Waals surface area (Å²) in [4.78, 5) is -0.452. The van der Waals surface area contributed by atoms with Crippen LogP contribution in [0.3, 0.4) is 0 Å². The highest BCUT2D eigenvalue weighted by Crippen LogP contribution is 2.18. The normalized spacial score (nSPS) is 12.4. The lowest BCUT2D eigenvalue weighted by Crippen LogP contribution is -2.34. The third-order valence-corrected chi connectivity index (χ3v) is 3.92. The predicted octanol–water partition coefficient (Wildman–Crippen LogP) is 1.67. The Kier molecular flexibility index (Phi) is 4.99. The standard InChI is InChI=1S/C12H12FN3O2S/c1-2-4-9(7-14)16-19(17,18)12-6-3-5-11(13)10(12)8-15/h3,5-6,9,16H,2,4H2,1H3. The Morgan fingerprint density at radius 2 is 2.11 bits per heavy atom. The SMILES string of the molecule is CCCC(C#N)NS(=O)(=O)c1cccc(F)c1C#N. The molecule has 0 aromatic heterocycles. The zero-order chi connectivity index (χ0) is 14.5. The number of benzene rings is 1. The second-order valence-corrected chi connectivity index (χ2v) is 5.50. The van der Waals surface area contributed by atoms with Crippen LogP contribution in [-0.2, 0) is 10.0 Å². The van der Waals surface area contributed by atoms with Crippen molar-refractivity contribution < 1.29 is 12.8 Å². The molecule has 0 radical (unpaired) electrons. The van der Waals surface area contributed by atoms with Crippen LogP contribution >= 0.6 is 0 Å². The number of rotatable bonds is 5. The molecule has 0 saturated heterocycles. The molecule has 0 aliphatic heterocycles. The molecule has 7 heteroatoms. The van der Waals surface area contributed by atoms with E-state index in [0.717, 1.165) is 12.1 Å². The van der Waals surface area contributed by atoms with E-state index in [1.165, 1.54) is 12.1 Å². The first-order valence-corrected chi connectivity index (χ1v) is 7.05. The molecule has 0 aliphatic rings. The van der Waals surface area contributed by atoms with Crippen molar-refractivity contribution in [2.75, 3.05) is 0 Å². The zero-order valence-electron chi connectivity index (χ0n) is 10.2. The predicted molar refractivity (Wildman–Crippen MR) is 65.7 cm³/mol. The molecule has 100 valence electrons. The monoisotopic (exact) mass is 281 g/mol. The van der Waals surface area contributed by atoms with Gasteiger partial charge in [0.25, 0.3) is 0 Å². The highest BCUT2D eigenvalue weighted by molar-refractivity contribution is 7.89. The highest BCUT2D eigenvalue weighted by Gasteiger charge is 2.24. The summed E-state index contributed by atoms with van der Waals surface area (Å²) >= 11 is 0. The molecule has 19 heavy (non-hydrogen) atoms. The second-order valence-electron chi connectivity index (χ2n) is 3.82. The average molecular weight is 281 g/mol. The Morgan fingerprint density at radius 1 is 1.42 bits per heavy atom. The molecule has 0 spiro atoms. The molecule has 0 heterocycles. The summed E-state index contributed by atoms with van der Waals surface area (Å²) in [6, 6.07) is 5.77. The number of nitrogens with one attached hydrogen (secondary N) is 1. The Bertz CT molecular complexity index is 644. The third-order valence-electron chi connectivity index (χ3n) is 2.41. The lowest BCUT2D eigenvalue weighted by Gasteiger charge is -2.12. The minimum atomic E-state index is -4.09. The van der Waals surface area contributed by atoms with Crippen molar-refractivity contribution >= 4 is 10.0 Å². The van der Waals surface area contributed by atoms with E-state index >= 15 is 0 Å². The lowest BCUT2D eigenvalue weighted by atomic mass is 10.2. The summed E-state index contributed by atoms with van der Waals surface area (Å²) in [7, 11) is -4.09. The lowest BCUT2D eigenvalue weighted by molar-refractivity contribution is 0.559. The molecule has 5 nitrogen and oxygen atoms in total. The summed E-state index contributed by atoms with van der Waals surface area (Å²) in [5.41, 5.74) is -0.553. The van der Waals surface area contributed by atoms with E-state index in [4.69, 9.17) is 10.5 Å². The number of hydrogen-bond acceptors (Lipinski definition) is 4. The molecule has 1 rings (SSSR count). The summed E-state index contributed by atoms with van der Waals surface area (Å²) in [6.07, 6.45) is 0.960. The van der Waals surface area contributed by atoms with Gasteiger partial charge < -0.3 is 0 Å². The minimum absolute atomic E-state index is 0.340. The van der Waals surface area contributed by atoms with Crippen LogP contribution in [0.4, 0.5) is 4.39 Å². The van der Waals surface area contributed by atoms with E-state index in [9.17, 15) is 12.8 Å². The molecule has 0 bridgehead atoms. The average Bonchev–Trinajstić information content (AvgIpc) is 2.37. The Morgan fingerprint density at radius 3 is 2.63 bits per heavy atom. The maximum absolute atomic E-state index is 13.4. The first kappa shape index (κ1) is 15.1. The fraction of sp³-hybridized carbons (Fsp3) is 0.333. The smallest absolute Gasteiger partial charge is 0.207 e. The largest absolute Gasteiger partial charge is 0.243 e. The number of nitrogens with zero attached hydrogens (tertiary/aromatic N) is 2. The first-order chi connectivity index (χ1) is 8.96. The van der Waals surface area contributed by atoms with Gasteiger partial charge in [0, 0.05) is 0 Å². The van der Waals surface area contributed by atoms with E-state index < -0.39 is 32.3 Å². The van der Waals surface area contributed by atoms with E-state index in [-0.39, 0.29) is 0 Å². The zero-order valence-corrected chi connectivity index (χ0v) is 11.0. The van der Waals surface area contributed by atoms with Crippen molar-refractivity contribution in [3.05, 3.63) is 29.6 Å². The van der Waals surface area contributed by atoms with Crippen LogP contribution in [0.1, 0.15) is 25.3 Å². The van der Waals surface area contributed by atoms with Crippen LogP contribution in [0.15, 0.2) is 23.1 Å². The van der Waals surface area contributed by atoms with Crippen LogP contribution in [0.5, 0.6) is 0 Å². The first-order valence-electron chi connectivity index (χ1n) is 5.56. The fourth-order valence-electron chi connectivity index (χ4n) is 1.53. The summed E-state index contributed by atoms with van der Waals surface area (Å²) in [6.45, 7) is 1.81. The van der Waals surface area contributed by atoms with Gasteiger partial charge in [-0.15, -0.1) is 0 Å². The topological polar surface area (TPSA) is 93.8 Å². The van der Waals surface area contributed by atoms with E-state index in [1.54, 1.807) is 0 Å². The molecule has 1 unspecified atom stereocenters. The molecule has 1 atom stereocenters. The van der Waals surface area contributed by atoms with Crippen molar-refractivity contribution in [1.82, 2.24) is 4.72 Å². The van der Waals surface area contributed by atoms with Gasteiger partial charge in [0.05, 0.1) is 6.07 Å². The van der Waals surface area contributed by atoms with E-state index in [0.29, 0.717) is 12.8 Å². The number of sulfonamides is 1. The molecule has 1 N–H and O–H groups in total. The summed E-state index contributed by atoms with van der Waals surface area (Å²) in [5, 5.41) is 17.6. The van der Waals surface area contributed by atoms with Crippen molar-refractivity contribution in [1.29, 1.82) is 10.5 Å². The minimum Gasteiger partial charge on any atom is -0.207 e. The molecular formula is C12H12FN3O2S. The highest BCUT2D eigenvalue weighted by atomic mass is 32.2. The maximum Gasteiger partial charge on any atom is 0.243 e. The van der Waals surface area contributed by atoms with Crippen molar-refractivity contribution in [3.63, 3.8) is 0 Å². The van der Waals surface area contributed by atoms with Crippen LogP contribution in [0.25, 0.3) is 0 Å². The van der Waals surface area contributed by atoms with Gasteiger partial charge in [0.1, 0.15) is 28.4 Å². The fourth-order valence-corrected chi connectivity index (χ4v) is 2.87. The molecule has 0 amide bonds. The van der Waals surface area contributed by atoms with Gasteiger partial charge in [-0.2, -0.15) is 15.2 Å². The Labute approximate surface area is 111 Å². The number of hydrogen-bond donors (Lipinski definition) is 1. The van der Waals surface area contributed by atoms with E-state index in [2.05, 4.69) is 4.72 Å². The third kappa shape index (κ3) is 3.50. The van der Waals surface area contributed by atoms with Gasteiger partial charge in [-0.1, -0.05) is 19.4 Å². The molecule has 0 saturated carbocycles. The van der Waals surface area contributed by atoms with Gasteiger partial charge in [0.2, 0.25) is 10.0 Å². The van der Waals surface area contributed by atoms with Crippen LogP contribution in [0.2, 0.25) is 0 Å². The Balaban J connectivity index is 3.19. The van der Waals surface area contributed by atoms with E-state index in [1.807, 2.05) is 13.0 Å². The van der Waals surface area contributed by atoms with Crippen molar-refractivity contribution in [2.45, 2.75) is 30.7 Å². The summed E-state index contributed by atoms with van der Waals surface area (Å²) < 4.78 is 39.6. The number of halogens is 1. The van der Waals surface area contributed by atoms with Crippen LogP contribution in [-0.4, -0.2) is 14.5 Å². The molecule has 0 fully saturated rings. The molecule has 1 aromatic rings. The molecule has 0 aliphatic carbocycles. The molecular weight excluding hydrogens is 269 g/mol. The van der Waals surface area contributed by atoms with Gasteiger partial charge in [-0.25, -0.2) is 12.8 Å². The van der Waals surface area contributed by atoms with Gasteiger partial charge >= 0.3 is 0 Å².